The Hall–Kier alpha value is -2.20. The number of aryl methyl sites for hydroxylation is 1. The summed E-state index contributed by atoms with van der Waals surface area (Å²) >= 11 is 0. The van der Waals surface area contributed by atoms with Gasteiger partial charge in [0.2, 0.25) is 0 Å². The molecule has 0 aliphatic carbocycles. The lowest BCUT2D eigenvalue weighted by Gasteiger charge is -2.12. The maximum Gasteiger partial charge on any atom is 0.184 e. The number of aliphatic hydroxyl groups excluding tert-OH is 1. The number of carbonyl (C=O) groups excluding carboxylic acids is 1. The average Bonchev–Trinajstić information content (AvgIpc) is 2.51. The van der Waals surface area contributed by atoms with E-state index in [-0.39, 0.29) is 18.8 Å². The van der Waals surface area contributed by atoms with Crippen LogP contribution in [-0.4, -0.2) is 29.6 Å². The van der Waals surface area contributed by atoms with Gasteiger partial charge in [-0.05, 0) is 48.9 Å². The molecule has 0 aliphatic heterocycles. The first-order chi connectivity index (χ1) is 10.6. The third-order valence-electron chi connectivity index (χ3n) is 3.59. The summed E-state index contributed by atoms with van der Waals surface area (Å²) in [7, 11) is 1.64. The molecule has 4 nitrogen and oxygen atoms in total. The number of hydrogen-bond donors (Lipinski definition) is 1. The third kappa shape index (κ3) is 3.52. The van der Waals surface area contributed by atoms with Gasteiger partial charge in [0.05, 0.1) is 13.7 Å². The van der Waals surface area contributed by atoms with Gasteiger partial charge in [-0.25, -0.2) is 0 Å². The minimum Gasteiger partial charge on any atom is -0.496 e. The molecule has 0 spiro atoms. The molecule has 0 saturated heterocycles. The van der Waals surface area contributed by atoms with Gasteiger partial charge in [0.15, 0.2) is 5.78 Å². The summed E-state index contributed by atoms with van der Waals surface area (Å²) in [5.74, 6) is 0.657. The summed E-state index contributed by atoms with van der Waals surface area (Å²) in [5.41, 5.74) is 2.54. The molecule has 0 aliphatic rings. The van der Waals surface area contributed by atoms with E-state index in [9.17, 15) is 4.79 Å². The molecule has 1 heterocycles. The Morgan fingerprint density at radius 3 is 2.77 bits per heavy atom. The first kappa shape index (κ1) is 16.2. The zero-order valence-corrected chi connectivity index (χ0v) is 13.1. The van der Waals surface area contributed by atoms with Gasteiger partial charge in [0.1, 0.15) is 11.4 Å². The predicted molar refractivity (Wildman–Crippen MR) is 87.5 cm³/mol. The van der Waals surface area contributed by atoms with Crippen molar-refractivity contribution >= 4 is 16.6 Å². The molecule has 0 unspecified atom stereocenters. The maximum absolute atomic E-state index is 12.1. The minimum absolute atomic E-state index is 0.0826. The number of benzene rings is 1. The summed E-state index contributed by atoms with van der Waals surface area (Å²) in [5, 5.41) is 10.7. The Balaban J connectivity index is 2.53. The van der Waals surface area contributed by atoms with Gasteiger partial charge in [-0.1, -0.05) is 5.57 Å². The highest BCUT2D eigenvalue weighted by Crippen LogP contribution is 2.29. The maximum atomic E-state index is 12.1. The number of aromatic nitrogens is 1. The van der Waals surface area contributed by atoms with E-state index in [1.807, 2.05) is 25.1 Å². The number of rotatable bonds is 7. The summed E-state index contributed by atoms with van der Waals surface area (Å²) < 4.78 is 5.46. The molecule has 0 saturated carbocycles. The van der Waals surface area contributed by atoms with Crippen LogP contribution in [0, 0.1) is 0 Å². The van der Waals surface area contributed by atoms with Gasteiger partial charge >= 0.3 is 0 Å². The SMILES string of the molecule is C=C(C)CCc1cc2c(C(=O)CCO)nccc2cc1OC. The molecule has 0 amide bonds. The zero-order chi connectivity index (χ0) is 16.1. The highest BCUT2D eigenvalue weighted by atomic mass is 16.5. The van der Waals surface area contributed by atoms with E-state index < -0.39 is 0 Å². The summed E-state index contributed by atoms with van der Waals surface area (Å²) in [4.78, 5) is 16.3. The van der Waals surface area contributed by atoms with E-state index in [1.54, 1.807) is 13.3 Å². The van der Waals surface area contributed by atoms with Crippen molar-refractivity contribution in [2.45, 2.75) is 26.2 Å². The molecule has 116 valence electrons. The van der Waals surface area contributed by atoms with Crippen LogP contribution in [0.5, 0.6) is 5.75 Å². The molecule has 0 fully saturated rings. The van der Waals surface area contributed by atoms with Crippen molar-refractivity contribution in [2.75, 3.05) is 13.7 Å². The number of nitrogens with zero attached hydrogens (tertiary/aromatic N) is 1. The molecule has 0 radical (unpaired) electrons. The molecule has 0 bridgehead atoms. The highest BCUT2D eigenvalue weighted by molar-refractivity contribution is 6.06. The molecular weight excluding hydrogens is 278 g/mol. The second-order valence-electron chi connectivity index (χ2n) is 5.40. The number of ether oxygens (including phenoxy) is 1. The highest BCUT2D eigenvalue weighted by Gasteiger charge is 2.14. The van der Waals surface area contributed by atoms with Crippen LogP contribution in [0.15, 0.2) is 36.5 Å². The normalized spacial score (nSPS) is 10.7. The van der Waals surface area contributed by atoms with E-state index in [2.05, 4.69) is 11.6 Å². The Morgan fingerprint density at radius 2 is 2.14 bits per heavy atom. The third-order valence-corrected chi connectivity index (χ3v) is 3.59. The van der Waals surface area contributed by atoms with Gasteiger partial charge in [0.25, 0.3) is 0 Å². The average molecular weight is 299 g/mol. The van der Waals surface area contributed by atoms with E-state index >= 15 is 0 Å². The molecule has 1 aromatic heterocycles. The number of aliphatic hydroxyl groups is 1. The monoisotopic (exact) mass is 299 g/mol. The lowest BCUT2D eigenvalue weighted by atomic mass is 9.99. The fourth-order valence-electron chi connectivity index (χ4n) is 2.42. The summed E-state index contributed by atoms with van der Waals surface area (Å²) in [6.45, 7) is 5.74. The van der Waals surface area contributed by atoms with Crippen LogP contribution in [0.2, 0.25) is 0 Å². The largest absolute Gasteiger partial charge is 0.496 e. The first-order valence-electron chi connectivity index (χ1n) is 7.31. The smallest absolute Gasteiger partial charge is 0.184 e. The van der Waals surface area contributed by atoms with E-state index in [4.69, 9.17) is 9.84 Å². The van der Waals surface area contributed by atoms with Crippen molar-refractivity contribution in [3.05, 3.63) is 47.8 Å². The van der Waals surface area contributed by atoms with Crippen LogP contribution in [0.3, 0.4) is 0 Å². The summed E-state index contributed by atoms with van der Waals surface area (Å²) in [6, 6.07) is 5.76. The Bertz CT molecular complexity index is 707. The molecule has 0 atom stereocenters. The van der Waals surface area contributed by atoms with Gasteiger partial charge in [-0.2, -0.15) is 0 Å². The number of pyridine rings is 1. The number of ketones is 1. The topological polar surface area (TPSA) is 59.4 Å². The van der Waals surface area contributed by atoms with Gasteiger partial charge in [0, 0.05) is 18.0 Å². The molecular formula is C18H21NO3. The number of allylic oxidation sites excluding steroid dienone is 1. The van der Waals surface area contributed by atoms with Crippen molar-refractivity contribution in [3.63, 3.8) is 0 Å². The fourth-order valence-corrected chi connectivity index (χ4v) is 2.42. The van der Waals surface area contributed by atoms with Crippen LogP contribution < -0.4 is 4.74 Å². The van der Waals surface area contributed by atoms with Gasteiger partial charge < -0.3 is 9.84 Å². The number of carbonyl (C=O) groups is 1. The zero-order valence-electron chi connectivity index (χ0n) is 13.1. The van der Waals surface area contributed by atoms with Gasteiger partial charge in [-0.15, -0.1) is 6.58 Å². The lowest BCUT2D eigenvalue weighted by Crippen LogP contribution is -2.06. The Morgan fingerprint density at radius 1 is 1.36 bits per heavy atom. The second kappa shape index (κ2) is 7.18. The van der Waals surface area contributed by atoms with Crippen molar-refractivity contribution in [2.24, 2.45) is 0 Å². The number of methoxy groups -OCH3 is 1. The van der Waals surface area contributed by atoms with Crippen molar-refractivity contribution < 1.29 is 14.6 Å². The standard InChI is InChI=1S/C18H21NO3/c1-12(2)4-5-14-10-15-13(11-17(14)22-3)6-8-19-18(15)16(21)7-9-20/h6,8,10-11,20H,1,4-5,7,9H2,2-3H3. The van der Waals surface area contributed by atoms with Crippen molar-refractivity contribution in [3.8, 4) is 5.75 Å². The molecule has 1 N–H and O–H groups in total. The number of Topliss-reactive ketones (excluding diaryl/α,β-unsaturated/α-hetero) is 1. The first-order valence-corrected chi connectivity index (χ1v) is 7.31. The minimum atomic E-state index is -0.171. The lowest BCUT2D eigenvalue weighted by molar-refractivity contribution is 0.0953. The molecule has 2 rings (SSSR count). The Kier molecular flexibility index (Phi) is 5.28. The quantitative estimate of drug-likeness (QED) is 0.629. The Labute approximate surface area is 130 Å². The van der Waals surface area contributed by atoms with Crippen molar-refractivity contribution in [1.82, 2.24) is 4.98 Å². The van der Waals surface area contributed by atoms with Crippen LogP contribution in [-0.2, 0) is 6.42 Å². The van der Waals surface area contributed by atoms with E-state index in [0.717, 1.165) is 40.5 Å². The van der Waals surface area contributed by atoms with Crippen LogP contribution in [0.25, 0.3) is 10.8 Å². The van der Waals surface area contributed by atoms with Gasteiger partial charge in [-0.3, -0.25) is 9.78 Å². The van der Waals surface area contributed by atoms with Crippen LogP contribution in [0.4, 0.5) is 0 Å². The predicted octanol–water partition coefficient (Wildman–Crippen LogP) is 3.32. The van der Waals surface area contributed by atoms with Crippen molar-refractivity contribution in [1.29, 1.82) is 0 Å². The number of fused-ring (bicyclic) bond motifs is 1. The van der Waals surface area contributed by atoms with Crippen LogP contribution >= 0.6 is 0 Å². The number of hydrogen-bond acceptors (Lipinski definition) is 4. The fraction of sp³-hybridized carbons (Fsp3) is 0.333. The molecule has 2 aromatic rings. The molecule has 4 heteroatoms. The second-order valence-corrected chi connectivity index (χ2v) is 5.40. The molecule has 1 aromatic carbocycles. The molecule has 22 heavy (non-hydrogen) atoms. The van der Waals surface area contributed by atoms with E-state index in [1.165, 1.54) is 0 Å². The van der Waals surface area contributed by atoms with Crippen LogP contribution in [0.1, 0.15) is 35.8 Å². The van der Waals surface area contributed by atoms with E-state index in [0.29, 0.717) is 5.69 Å². The summed E-state index contributed by atoms with van der Waals surface area (Å²) in [6.07, 6.45) is 3.36.